The molecule has 0 spiro atoms. The minimum atomic E-state index is -0.656. The lowest BCUT2D eigenvalue weighted by Crippen LogP contribution is -2.29. The van der Waals surface area contributed by atoms with Crippen molar-refractivity contribution in [3.63, 3.8) is 0 Å². The van der Waals surface area contributed by atoms with Crippen molar-refractivity contribution >= 4 is 51.7 Å². The Bertz CT molecular complexity index is 1220. The minimum Gasteiger partial charge on any atom is -0.450 e. The molecular weight excluding hydrogens is 421 g/mol. The number of hydrogen-bond acceptors (Lipinski definition) is 3. The van der Waals surface area contributed by atoms with Crippen molar-refractivity contribution in [1.29, 1.82) is 0 Å². The van der Waals surface area contributed by atoms with Crippen molar-refractivity contribution in [1.82, 2.24) is 4.90 Å². The first-order valence-corrected chi connectivity index (χ1v) is 9.60. The molecule has 1 amide bonds. The third-order valence-corrected chi connectivity index (χ3v) is 5.98. The van der Waals surface area contributed by atoms with Crippen LogP contribution < -0.4 is 5.43 Å². The molecule has 0 fully saturated rings. The molecule has 1 atom stereocenters. The standard InChI is InChI=1S/C21H14Cl3NO3/c1-3-6-25-18(11-4-5-13(22)15(24)8-11)17-19(26)12-9-14(23)10(2)7-16(12)28-20(17)21(25)27/h3-5,7-9,18H,1,6H2,2H3. The Labute approximate surface area is 175 Å². The van der Waals surface area contributed by atoms with Crippen LogP contribution >= 0.6 is 34.8 Å². The van der Waals surface area contributed by atoms with Gasteiger partial charge >= 0.3 is 0 Å². The van der Waals surface area contributed by atoms with Crippen LogP contribution in [0, 0.1) is 6.92 Å². The second-order valence-electron chi connectivity index (χ2n) is 6.59. The number of nitrogens with zero attached hydrogens (tertiary/aromatic N) is 1. The molecule has 1 unspecified atom stereocenters. The van der Waals surface area contributed by atoms with Crippen LogP contribution in [0.4, 0.5) is 0 Å². The van der Waals surface area contributed by atoms with E-state index < -0.39 is 6.04 Å². The lowest BCUT2D eigenvalue weighted by atomic mass is 9.98. The van der Waals surface area contributed by atoms with Crippen LogP contribution in [0.2, 0.25) is 15.1 Å². The molecule has 0 aliphatic carbocycles. The molecule has 142 valence electrons. The number of carbonyl (C=O) groups is 1. The monoisotopic (exact) mass is 433 g/mol. The van der Waals surface area contributed by atoms with E-state index in [-0.39, 0.29) is 29.2 Å². The molecule has 2 heterocycles. The summed E-state index contributed by atoms with van der Waals surface area (Å²) in [5, 5.41) is 1.51. The van der Waals surface area contributed by atoms with Crippen molar-refractivity contribution in [2.75, 3.05) is 6.54 Å². The Hall–Kier alpha value is -2.27. The van der Waals surface area contributed by atoms with Gasteiger partial charge in [-0.25, -0.2) is 0 Å². The molecule has 4 nitrogen and oxygen atoms in total. The van der Waals surface area contributed by atoms with Crippen LogP contribution in [-0.4, -0.2) is 17.4 Å². The normalized spacial score (nSPS) is 15.9. The van der Waals surface area contributed by atoms with Crippen LogP contribution in [-0.2, 0) is 0 Å². The van der Waals surface area contributed by atoms with E-state index in [1.54, 1.807) is 43.3 Å². The lowest BCUT2D eigenvalue weighted by molar-refractivity contribution is 0.0748. The highest BCUT2D eigenvalue weighted by molar-refractivity contribution is 6.42. The number of hydrogen-bond donors (Lipinski definition) is 0. The van der Waals surface area contributed by atoms with Crippen molar-refractivity contribution in [2.24, 2.45) is 0 Å². The van der Waals surface area contributed by atoms with E-state index in [2.05, 4.69) is 6.58 Å². The van der Waals surface area contributed by atoms with Gasteiger partial charge in [0.15, 0.2) is 5.43 Å². The van der Waals surface area contributed by atoms with E-state index in [0.29, 0.717) is 31.6 Å². The topological polar surface area (TPSA) is 50.5 Å². The van der Waals surface area contributed by atoms with Crippen molar-refractivity contribution in [3.05, 3.63) is 90.7 Å². The van der Waals surface area contributed by atoms with Gasteiger partial charge in [-0.2, -0.15) is 0 Å². The van der Waals surface area contributed by atoms with Gasteiger partial charge in [-0.1, -0.05) is 46.9 Å². The molecule has 1 aromatic heterocycles. The average Bonchev–Trinajstić information content (AvgIpc) is 2.93. The van der Waals surface area contributed by atoms with E-state index in [9.17, 15) is 9.59 Å². The van der Waals surface area contributed by atoms with E-state index in [1.807, 2.05) is 0 Å². The van der Waals surface area contributed by atoms with Gasteiger partial charge in [0.05, 0.1) is 27.0 Å². The third-order valence-electron chi connectivity index (χ3n) is 4.83. The number of amides is 1. The average molecular weight is 435 g/mol. The first kappa shape index (κ1) is 19.1. The second-order valence-corrected chi connectivity index (χ2v) is 7.82. The highest BCUT2D eigenvalue weighted by Crippen LogP contribution is 2.40. The summed E-state index contributed by atoms with van der Waals surface area (Å²) in [5.41, 5.74) is 1.71. The molecule has 0 radical (unpaired) electrons. The van der Waals surface area contributed by atoms with Crippen molar-refractivity contribution < 1.29 is 9.21 Å². The summed E-state index contributed by atoms with van der Waals surface area (Å²) in [6.07, 6.45) is 1.60. The van der Waals surface area contributed by atoms with Gasteiger partial charge in [-0.3, -0.25) is 9.59 Å². The minimum absolute atomic E-state index is 0.0251. The molecular formula is C21H14Cl3NO3. The van der Waals surface area contributed by atoms with Gasteiger partial charge < -0.3 is 9.32 Å². The second kappa shape index (κ2) is 6.96. The number of aryl methyl sites for hydroxylation is 1. The summed E-state index contributed by atoms with van der Waals surface area (Å²) in [7, 11) is 0. The van der Waals surface area contributed by atoms with Gasteiger partial charge in [0.1, 0.15) is 5.58 Å². The molecule has 3 aromatic rings. The van der Waals surface area contributed by atoms with Crippen LogP contribution in [0.5, 0.6) is 0 Å². The summed E-state index contributed by atoms with van der Waals surface area (Å²) in [5.74, 6) is -0.352. The van der Waals surface area contributed by atoms with Crippen LogP contribution in [0.25, 0.3) is 11.0 Å². The number of benzene rings is 2. The van der Waals surface area contributed by atoms with E-state index in [0.717, 1.165) is 5.56 Å². The Morgan fingerprint density at radius 1 is 1.11 bits per heavy atom. The van der Waals surface area contributed by atoms with Gasteiger partial charge in [0.25, 0.3) is 5.91 Å². The fraction of sp³-hybridized carbons (Fsp3) is 0.143. The van der Waals surface area contributed by atoms with Crippen LogP contribution in [0.15, 0.2) is 52.2 Å². The fourth-order valence-corrected chi connectivity index (χ4v) is 3.97. The van der Waals surface area contributed by atoms with Crippen LogP contribution in [0.3, 0.4) is 0 Å². The maximum Gasteiger partial charge on any atom is 0.291 e. The maximum absolute atomic E-state index is 13.3. The number of rotatable bonds is 3. The number of halogens is 3. The summed E-state index contributed by atoms with van der Waals surface area (Å²) < 4.78 is 5.87. The fourth-order valence-electron chi connectivity index (χ4n) is 3.50. The van der Waals surface area contributed by atoms with E-state index in [4.69, 9.17) is 39.2 Å². The molecule has 7 heteroatoms. The molecule has 0 bridgehead atoms. The summed E-state index contributed by atoms with van der Waals surface area (Å²) >= 11 is 18.4. The molecule has 28 heavy (non-hydrogen) atoms. The zero-order chi connectivity index (χ0) is 20.2. The molecule has 0 saturated heterocycles. The zero-order valence-corrected chi connectivity index (χ0v) is 17.0. The Balaban J connectivity index is 2.04. The van der Waals surface area contributed by atoms with Gasteiger partial charge in [-0.05, 0) is 42.3 Å². The van der Waals surface area contributed by atoms with Gasteiger partial charge in [0.2, 0.25) is 5.76 Å². The molecule has 1 aliphatic rings. The summed E-state index contributed by atoms with van der Waals surface area (Å²) in [6.45, 7) is 5.76. The highest BCUT2D eigenvalue weighted by Gasteiger charge is 2.42. The third kappa shape index (κ3) is 2.84. The molecule has 1 aliphatic heterocycles. The predicted molar refractivity (Wildman–Crippen MR) is 112 cm³/mol. The largest absolute Gasteiger partial charge is 0.450 e. The quantitative estimate of drug-likeness (QED) is 0.490. The number of fused-ring (bicyclic) bond motifs is 2. The molecule has 2 aromatic carbocycles. The Kier molecular flexibility index (Phi) is 4.74. The first-order chi connectivity index (χ1) is 13.3. The molecule has 0 N–H and O–H groups in total. The van der Waals surface area contributed by atoms with Gasteiger partial charge in [0, 0.05) is 11.6 Å². The molecule has 0 saturated carbocycles. The van der Waals surface area contributed by atoms with Crippen LogP contribution in [0.1, 0.15) is 33.3 Å². The zero-order valence-electron chi connectivity index (χ0n) is 14.8. The van der Waals surface area contributed by atoms with Crippen molar-refractivity contribution in [3.8, 4) is 0 Å². The van der Waals surface area contributed by atoms with E-state index >= 15 is 0 Å². The number of carbonyl (C=O) groups excluding carboxylic acids is 1. The smallest absolute Gasteiger partial charge is 0.291 e. The SMILES string of the molecule is C=CCN1C(=O)c2oc3cc(C)c(Cl)cc3c(=O)c2C1c1ccc(Cl)c(Cl)c1. The summed E-state index contributed by atoms with van der Waals surface area (Å²) in [4.78, 5) is 27.9. The first-order valence-electron chi connectivity index (χ1n) is 8.47. The predicted octanol–water partition coefficient (Wildman–Crippen LogP) is 5.79. The van der Waals surface area contributed by atoms with E-state index in [1.165, 1.54) is 4.90 Å². The Morgan fingerprint density at radius 2 is 1.86 bits per heavy atom. The van der Waals surface area contributed by atoms with Gasteiger partial charge in [-0.15, -0.1) is 6.58 Å². The summed E-state index contributed by atoms with van der Waals surface area (Å²) in [6, 6.07) is 7.61. The Morgan fingerprint density at radius 3 is 2.54 bits per heavy atom. The maximum atomic E-state index is 13.3. The lowest BCUT2D eigenvalue weighted by Gasteiger charge is -2.24. The molecule has 4 rings (SSSR count). The highest BCUT2D eigenvalue weighted by atomic mass is 35.5. The van der Waals surface area contributed by atoms with Crippen molar-refractivity contribution in [2.45, 2.75) is 13.0 Å².